The first kappa shape index (κ1) is 18.6. The van der Waals surface area contributed by atoms with Crippen molar-refractivity contribution < 1.29 is 17.9 Å². The first-order valence-electron chi connectivity index (χ1n) is 8.86. The molecule has 0 heterocycles. The Labute approximate surface area is 157 Å². The smallest absolute Gasteiger partial charge is 0.338 e. The SMILES string of the molecule is CCOC(=O)/C(=C/C1CCCC1)c1ccc(S(=O)(=O)C2CC2)c(Br)c1. The van der Waals surface area contributed by atoms with Crippen molar-refractivity contribution in [3.63, 3.8) is 0 Å². The van der Waals surface area contributed by atoms with Crippen molar-refractivity contribution >= 4 is 37.3 Å². The number of halogens is 1. The Kier molecular flexibility index (Phi) is 5.68. The molecule has 4 nitrogen and oxygen atoms in total. The molecule has 2 aliphatic carbocycles. The van der Waals surface area contributed by atoms with Gasteiger partial charge in [0.05, 0.1) is 22.3 Å². The molecule has 2 saturated carbocycles. The molecule has 0 atom stereocenters. The van der Waals surface area contributed by atoms with Crippen LogP contribution in [0, 0.1) is 5.92 Å². The van der Waals surface area contributed by atoms with Crippen LogP contribution in [0.3, 0.4) is 0 Å². The van der Waals surface area contributed by atoms with E-state index >= 15 is 0 Å². The number of ether oxygens (including phenoxy) is 1. The van der Waals surface area contributed by atoms with Crippen LogP contribution >= 0.6 is 15.9 Å². The van der Waals surface area contributed by atoms with Crippen LogP contribution in [0.2, 0.25) is 0 Å². The first-order chi connectivity index (χ1) is 11.9. The Morgan fingerprint density at radius 1 is 1.24 bits per heavy atom. The van der Waals surface area contributed by atoms with Gasteiger partial charge in [-0.15, -0.1) is 0 Å². The third kappa shape index (κ3) is 4.17. The van der Waals surface area contributed by atoms with Gasteiger partial charge < -0.3 is 4.74 Å². The van der Waals surface area contributed by atoms with Crippen molar-refractivity contribution in [2.24, 2.45) is 5.92 Å². The maximum Gasteiger partial charge on any atom is 0.338 e. The molecule has 2 aliphatic rings. The van der Waals surface area contributed by atoms with Crippen molar-refractivity contribution in [1.29, 1.82) is 0 Å². The lowest BCUT2D eigenvalue weighted by atomic mass is 9.99. The lowest BCUT2D eigenvalue weighted by Crippen LogP contribution is -2.10. The number of hydrogen-bond acceptors (Lipinski definition) is 4. The number of hydrogen-bond donors (Lipinski definition) is 0. The number of rotatable bonds is 6. The van der Waals surface area contributed by atoms with E-state index in [9.17, 15) is 13.2 Å². The highest BCUT2D eigenvalue weighted by Gasteiger charge is 2.38. The highest BCUT2D eigenvalue weighted by molar-refractivity contribution is 9.10. The Balaban J connectivity index is 1.95. The predicted molar refractivity (Wildman–Crippen MR) is 101 cm³/mol. The third-order valence-corrected chi connectivity index (χ3v) is 8.05. The van der Waals surface area contributed by atoms with Crippen LogP contribution in [0.4, 0.5) is 0 Å². The van der Waals surface area contributed by atoms with E-state index in [2.05, 4.69) is 15.9 Å². The Bertz CT molecular complexity index is 788. The van der Waals surface area contributed by atoms with Crippen molar-refractivity contribution in [1.82, 2.24) is 0 Å². The summed E-state index contributed by atoms with van der Waals surface area (Å²) in [5.74, 6) is 0.0344. The summed E-state index contributed by atoms with van der Waals surface area (Å²) in [6.07, 6.45) is 7.98. The second-order valence-electron chi connectivity index (χ2n) is 6.73. The van der Waals surface area contributed by atoms with Gasteiger partial charge in [0.1, 0.15) is 0 Å². The summed E-state index contributed by atoms with van der Waals surface area (Å²) in [5.41, 5.74) is 1.23. The largest absolute Gasteiger partial charge is 0.462 e. The molecule has 0 bridgehead atoms. The number of benzene rings is 1. The van der Waals surface area contributed by atoms with Gasteiger partial charge in [-0.05, 0) is 72.2 Å². The average Bonchev–Trinajstić information content (AvgIpc) is 3.31. The lowest BCUT2D eigenvalue weighted by Gasteiger charge is -2.12. The summed E-state index contributed by atoms with van der Waals surface area (Å²) in [4.78, 5) is 12.7. The van der Waals surface area contributed by atoms with Gasteiger partial charge in [0, 0.05) is 4.47 Å². The van der Waals surface area contributed by atoms with Crippen molar-refractivity contribution in [2.45, 2.75) is 55.6 Å². The van der Waals surface area contributed by atoms with Gasteiger partial charge >= 0.3 is 5.97 Å². The number of esters is 1. The fraction of sp³-hybridized carbons (Fsp3) is 0.526. The monoisotopic (exact) mass is 426 g/mol. The highest BCUT2D eigenvalue weighted by atomic mass is 79.9. The van der Waals surface area contributed by atoms with Crippen LogP contribution in [-0.4, -0.2) is 26.2 Å². The summed E-state index contributed by atoms with van der Waals surface area (Å²) in [5, 5.41) is -0.256. The minimum atomic E-state index is -3.27. The van der Waals surface area contributed by atoms with E-state index < -0.39 is 9.84 Å². The van der Waals surface area contributed by atoms with Gasteiger partial charge in [0.25, 0.3) is 0 Å². The molecule has 6 heteroatoms. The van der Waals surface area contributed by atoms with E-state index in [0.717, 1.165) is 25.7 Å². The molecule has 0 N–H and O–H groups in total. The van der Waals surface area contributed by atoms with Crippen LogP contribution in [0.5, 0.6) is 0 Å². The van der Waals surface area contributed by atoms with Crippen LogP contribution in [-0.2, 0) is 19.4 Å². The van der Waals surface area contributed by atoms with Crippen molar-refractivity contribution in [2.75, 3.05) is 6.61 Å². The van der Waals surface area contributed by atoms with Gasteiger partial charge in [0.15, 0.2) is 9.84 Å². The Morgan fingerprint density at radius 3 is 2.48 bits per heavy atom. The lowest BCUT2D eigenvalue weighted by molar-refractivity contribution is -0.136. The van der Waals surface area contributed by atoms with Crippen LogP contribution in [0.1, 0.15) is 51.0 Å². The van der Waals surface area contributed by atoms with E-state index in [4.69, 9.17) is 4.74 Å². The van der Waals surface area contributed by atoms with Gasteiger partial charge in [-0.3, -0.25) is 0 Å². The Morgan fingerprint density at radius 2 is 1.92 bits per heavy atom. The zero-order valence-corrected chi connectivity index (χ0v) is 16.7. The predicted octanol–water partition coefficient (Wildman–Crippen LogP) is 4.52. The zero-order chi connectivity index (χ0) is 18.0. The van der Waals surface area contributed by atoms with Crippen LogP contribution < -0.4 is 0 Å². The van der Waals surface area contributed by atoms with Gasteiger partial charge in [0.2, 0.25) is 0 Å². The number of carbonyl (C=O) groups is 1. The molecule has 0 spiro atoms. The molecule has 3 rings (SSSR count). The van der Waals surface area contributed by atoms with E-state index in [1.807, 2.05) is 6.08 Å². The molecule has 2 fully saturated rings. The van der Waals surface area contributed by atoms with Crippen molar-refractivity contribution in [3.8, 4) is 0 Å². The topological polar surface area (TPSA) is 60.4 Å². The van der Waals surface area contributed by atoms with Gasteiger partial charge in [-0.1, -0.05) is 25.0 Å². The van der Waals surface area contributed by atoms with Crippen molar-refractivity contribution in [3.05, 3.63) is 34.3 Å². The molecule has 0 aromatic heterocycles. The normalized spacial score (nSPS) is 19.2. The molecule has 136 valence electrons. The van der Waals surface area contributed by atoms with E-state index in [1.54, 1.807) is 25.1 Å². The molecule has 0 unspecified atom stereocenters. The zero-order valence-electron chi connectivity index (χ0n) is 14.3. The third-order valence-electron chi connectivity index (χ3n) is 4.81. The van der Waals surface area contributed by atoms with Gasteiger partial charge in [-0.2, -0.15) is 0 Å². The molecule has 1 aromatic rings. The summed E-state index contributed by atoms with van der Waals surface area (Å²) in [6, 6.07) is 5.06. The molecule has 1 aromatic carbocycles. The molecular weight excluding hydrogens is 404 g/mol. The second kappa shape index (κ2) is 7.62. The number of carbonyl (C=O) groups excluding carboxylic acids is 1. The maximum atomic E-state index is 12.5. The average molecular weight is 427 g/mol. The minimum absolute atomic E-state index is 0.256. The highest BCUT2D eigenvalue weighted by Crippen LogP contribution is 2.38. The molecule has 25 heavy (non-hydrogen) atoms. The molecule has 0 radical (unpaired) electrons. The fourth-order valence-corrected chi connectivity index (χ4v) is 6.07. The van der Waals surface area contributed by atoms with Crippen LogP contribution in [0.15, 0.2) is 33.6 Å². The fourth-order valence-electron chi connectivity index (χ4n) is 3.31. The minimum Gasteiger partial charge on any atom is -0.462 e. The number of allylic oxidation sites excluding steroid dienone is 1. The number of sulfone groups is 1. The van der Waals surface area contributed by atoms with E-state index in [1.165, 1.54) is 12.8 Å². The maximum absolute atomic E-state index is 12.5. The molecule has 0 saturated heterocycles. The van der Waals surface area contributed by atoms with Crippen LogP contribution in [0.25, 0.3) is 5.57 Å². The molecule has 0 aliphatic heterocycles. The summed E-state index contributed by atoms with van der Waals surface area (Å²) >= 11 is 3.39. The summed E-state index contributed by atoms with van der Waals surface area (Å²) < 4.78 is 30.7. The van der Waals surface area contributed by atoms with E-state index in [0.29, 0.717) is 33.0 Å². The first-order valence-corrected chi connectivity index (χ1v) is 11.2. The standard InChI is InChI=1S/C19H23BrO4S/c1-2-24-19(21)16(11-13-5-3-4-6-13)14-7-10-18(17(20)12-14)25(22,23)15-8-9-15/h7,10-13,15H,2-6,8-9H2,1H3/b16-11+. The molecule has 0 amide bonds. The summed E-state index contributed by atoms with van der Waals surface area (Å²) in [6.45, 7) is 2.10. The quantitative estimate of drug-likeness (QED) is 0.495. The van der Waals surface area contributed by atoms with Gasteiger partial charge in [-0.25, -0.2) is 13.2 Å². The second-order valence-corrected chi connectivity index (χ2v) is 9.79. The Hall–Kier alpha value is -1.14. The molecular formula is C19H23BrO4S. The van der Waals surface area contributed by atoms with E-state index in [-0.39, 0.29) is 11.2 Å². The summed E-state index contributed by atoms with van der Waals surface area (Å²) in [7, 11) is -3.27.